The molecule has 1 fully saturated rings. The summed E-state index contributed by atoms with van der Waals surface area (Å²) in [7, 11) is -0.440. The highest BCUT2D eigenvalue weighted by Crippen LogP contribution is 2.05. The standard InChI is InChI=1S/C5H10OS.C2H6/c6-7-4-2-1-3-5-7;1-2/h1-5H2;1-2H3. The second-order valence-corrected chi connectivity index (χ2v) is 3.60. The molecule has 1 aliphatic rings. The maximum absolute atomic E-state index is 10.6. The van der Waals surface area contributed by atoms with E-state index in [9.17, 15) is 4.21 Å². The molecule has 0 aromatic carbocycles. The highest BCUT2D eigenvalue weighted by Gasteiger charge is 2.04. The molecule has 9 heavy (non-hydrogen) atoms. The maximum atomic E-state index is 10.6. The molecule has 0 aromatic heterocycles. The third-order valence-electron chi connectivity index (χ3n) is 1.24. The fourth-order valence-electron chi connectivity index (χ4n) is 0.805. The number of hydrogen-bond donors (Lipinski definition) is 0. The van der Waals surface area contributed by atoms with Crippen LogP contribution in [-0.4, -0.2) is 15.7 Å². The van der Waals surface area contributed by atoms with Gasteiger partial charge in [-0.05, 0) is 12.8 Å². The predicted molar refractivity (Wildman–Crippen MR) is 43.1 cm³/mol. The molecule has 0 N–H and O–H groups in total. The summed E-state index contributed by atoms with van der Waals surface area (Å²) < 4.78 is 10.6. The van der Waals surface area contributed by atoms with Gasteiger partial charge in [-0.25, -0.2) is 0 Å². The Morgan fingerprint density at radius 1 is 1.00 bits per heavy atom. The fraction of sp³-hybridized carbons (Fsp3) is 1.00. The van der Waals surface area contributed by atoms with E-state index in [2.05, 4.69) is 0 Å². The van der Waals surface area contributed by atoms with Crippen LogP contribution in [0.1, 0.15) is 33.1 Å². The Balaban J connectivity index is 0.000000291. The molecule has 0 atom stereocenters. The third kappa shape index (κ3) is 4.64. The van der Waals surface area contributed by atoms with E-state index in [-0.39, 0.29) is 0 Å². The zero-order valence-electron chi connectivity index (χ0n) is 6.35. The van der Waals surface area contributed by atoms with Gasteiger partial charge in [-0.2, -0.15) is 0 Å². The van der Waals surface area contributed by atoms with Gasteiger partial charge in [0.05, 0.1) is 0 Å². The molecule has 0 amide bonds. The minimum atomic E-state index is -0.440. The van der Waals surface area contributed by atoms with Gasteiger partial charge >= 0.3 is 0 Å². The topological polar surface area (TPSA) is 17.1 Å². The van der Waals surface area contributed by atoms with E-state index in [4.69, 9.17) is 0 Å². The van der Waals surface area contributed by atoms with Crippen LogP contribution in [-0.2, 0) is 10.8 Å². The highest BCUT2D eigenvalue weighted by atomic mass is 32.2. The number of rotatable bonds is 0. The van der Waals surface area contributed by atoms with Crippen LogP contribution in [0.2, 0.25) is 0 Å². The van der Waals surface area contributed by atoms with E-state index < -0.39 is 10.8 Å². The molecule has 0 aromatic rings. The summed E-state index contributed by atoms with van der Waals surface area (Å²) in [5.74, 6) is 1.92. The first-order valence-corrected chi connectivity index (χ1v) is 5.23. The summed E-state index contributed by atoms with van der Waals surface area (Å²) >= 11 is 0. The second kappa shape index (κ2) is 6.27. The van der Waals surface area contributed by atoms with Crippen molar-refractivity contribution in [3.05, 3.63) is 0 Å². The highest BCUT2D eigenvalue weighted by molar-refractivity contribution is 7.85. The van der Waals surface area contributed by atoms with E-state index in [1.165, 1.54) is 19.3 Å². The second-order valence-electron chi connectivity index (χ2n) is 1.91. The normalized spacial score (nSPS) is 20.2. The van der Waals surface area contributed by atoms with Crippen molar-refractivity contribution in [2.45, 2.75) is 33.1 Å². The van der Waals surface area contributed by atoms with Crippen molar-refractivity contribution < 1.29 is 4.21 Å². The lowest BCUT2D eigenvalue weighted by Gasteiger charge is -2.06. The van der Waals surface area contributed by atoms with Crippen molar-refractivity contribution in [3.63, 3.8) is 0 Å². The van der Waals surface area contributed by atoms with Gasteiger partial charge in [0.1, 0.15) is 0 Å². The van der Waals surface area contributed by atoms with Crippen LogP contribution in [0.5, 0.6) is 0 Å². The van der Waals surface area contributed by atoms with E-state index >= 15 is 0 Å². The molecular weight excluding hydrogens is 132 g/mol. The summed E-state index contributed by atoms with van der Waals surface area (Å²) in [5.41, 5.74) is 0. The molecule has 0 saturated carbocycles. The van der Waals surface area contributed by atoms with Gasteiger partial charge in [-0.3, -0.25) is 4.21 Å². The Morgan fingerprint density at radius 3 is 1.67 bits per heavy atom. The molecular formula is C7H16OS. The van der Waals surface area contributed by atoms with E-state index in [1.54, 1.807) is 0 Å². The van der Waals surface area contributed by atoms with Crippen molar-refractivity contribution in [2.24, 2.45) is 0 Å². The number of hydrogen-bond acceptors (Lipinski definition) is 1. The first-order valence-electron chi connectivity index (χ1n) is 3.74. The SMILES string of the molecule is CC.O=S1CCCCC1. The van der Waals surface area contributed by atoms with Crippen LogP contribution in [0.15, 0.2) is 0 Å². The molecule has 0 bridgehead atoms. The molecule has 0 spiro atoms. The zero-order valence-corrected chi connectivity index (χ0v) is 7.17. The third-order valence-corrected chi connectivity index (χ3v) is 2.73. The van der Waals surface area contributed by atoms with Gasteiger partial charge in [0.15, 0.2) is 0 Å². The van der Waals surface area contributed by atoms with Gasteiger partial charge in [0.25, 0.3) is 0 Å². The molecule has 1 heterocycles. The molecule has 1 saturated heterocycles. The van der Waals surface area contributed by atoms with Crippen LogP contribution in [0.3, 0.4) is 0 Å². The lowest BCUT2D eigenvalue weighted by Crippen LogP contribution is -2.08. The molecule has 0 aliphatic carbocycles. The summed E-state index contributed by atoms with van der Waals surface area (Å²) in [5, 5.41) is 0. The first-order chi connectivity index (χ1) is 4.39. The minimum Gasteiger partial charge on any atom is -0.260 e. The molecule has 0 unspecified atom stereocenters. The Morgan fingerprint density at radius 2 is 1.44 bits per heavy atom. The summed E-state index contributed by atoms with van der Waals surface area (Å²) in [6.07, 6.45) is 3.67. The lowest BCUT2D eigenvalue weighted by atomic mass is 10.3. The van der Waals surface area contributed by atoms with Crippen LogP contribution >= 0.6 is 0 Å². The maximum Gasteiger partial charge on any atom is 0.0234 e. The van der Waals surface area contributed by atoms with Crippen LogP contribution in [0, 0.1) is 0 Å². The quantitative estimate of drug-likeness (QED) is 0.513. The van der Waals surface area contributed by atoms with E-state index in [0.717, 1.165) is 11.5 Å². The summed E-state index contributed by atoms with van der Waals surface area (Å²) in [4.78, 5) is 0. The smallest absolute Gasteiger partial charge is 0.0234 e. The van der Waals surface area contributed by atoms with Gasteiger partial charge in [-0.1, -0.05) is 20.3 Å². The van der Waals surface area contributed by atoms with Crippen LogP contribution in [0.25, 0.3) is 0 Å². The molecule has 0 radical (unpaired) electrons. The predicted octanol–water partition coefficient (Wildman–Crippen LogP) is 1.95. The Bertz CT molecular complexity index is 73.0. The van der Waals surface area contributed by atoms with Gasteiger partial charge in [0, 0.05) is 22.3 Å². The lowest BCUT2D eigenvalue weighted by molar-refractivity contribution is 0.658. The average molecular weight is 148 g/mol. The van der Waals surface area contributed by atoms with Crippen molar-refractivity contribution in [3.8, 4) is 0 Å². The summed E-state index contributed by atoms with van der Waals surface area (Å²) in [6, 6.07) is 0. The van der Waals surface area contributed by atoms with Crippen LogP contribution < -0.4 is 0 Å². The van der Waals surface area contributed by atoms with Crippen molar-refractivity contribution >= 4 is 10.8 Å². The summed E-state index contributed by atoms with van der Waals surface area (Å²) in [6.45, 7) is 4.00. The van der Waals surface area contributed by atoms with Gasteiger partial charge in [0.2, 0.25) is 0 Å². The van der Waals surface area contributed by atoms with Crippen molar-refractivity contribution in [1.29, 1.82) is 0 Å². The monoisotopic (exact) mass is 148 g/mol. The van der Waals surface area contributed by atoms with Crippen LogP contribution in [0.4, 0.5) is 0 Å². The first kappa shape index (κ1) is 9.15. The van der Waals surface area contributed by atoms with Crippen molar-refractivity contribution in [2.75, 3.05) is 11.5 Å². The molecule has 56 valence electrons. The molecule has 1 rings (SSSR count). The molecule has 1 aliphatic heterocycles. The van der Waals surface area contributed by atoms with E-state index in [1.807, 2.05) is 13.8 Å². The fourth-order valence-corrected chi connectivity index (χ4v) is 2.06. The average Bonchev–Trinajstić information content (AvgIpc) is 1.94. The Hall–Kier alpha value is 0.150. The molecule has 2 heteroatoms. The van der Waals surface area contributed by atoms with E-state index in [0.29, 0.717) is 0 Å². The largest absolute Gasteiger partial charge is 0.260 e. The Kier molecular flexibility index (Phi) is 6.38. The van der Waals surface area contributed by atoms with Gasteiger partial charge < -0.3 is 0 Å². The minimum absolute atomic E-state index is 0.440. The van der Waals surface area contributed by atoms with Crippen molar-refractivity contribution in [1.82, 2.24) is 0 Å². The van der Waals surface area contributed by atoms with Gasteiger partial charge in [-0.15, -0.1) is 0 Å². The Labute approximate surface area is 60.3 Å². The molecule has 1 nitrogen and oxygen atoms in total. The zero-order chi connectivity index (χ0) is 7.11.